The van der Waals surface area contributed by atoms with Gasteiger partial charge in [-0.2, -0.15) is 0 Å². The highest BCUT2D eigenvalue weighted by Gasteiger charge is 2.33. The summed E-state index contributed by atoms with van der Waals surface area (Å²) in [5, 5.41) is 3.65. The molecule has 3 rings (SSSR count). The smallest absolute Gasteiger partial charge is 0.264 e. The van der Waals surface area contributed by atoms with E-state index < -0.39 is 34.4 Å². The van der Waals surface area contributed by atoms with Gasteiger partial charge in [0.2, 0.25) is 11.8 Å². The molecule has 1 atom stereocenters. The number of hydrogen-bond donors (Lipinski definition) is 1. The summed E-state index contributed by atoms with van der Waals surface area (Å²) in [7, 11) is -4.21. The van der Waals surface area contributed by atoms with Crippen LogP contribution in [0.15, 0.2) is 65.6 Å². The van der Waals surface area contributed by atoms with Crippen molar-refractivity contribution in [1.29, 1.82) is 0 Å². The van der Waals surface area contributed by atoms with E-state index >= 15 is 0 Å². The minimum Gasteiger partial charge on any atom is -0.355 e. The molecule has 0 aliphatic rings. The molecule has 11 heteroatoms. The van der Waals surface area contributed by atoms with E-state index in [1.165, 1.54) is 23.1 Å². The van der Waals surface area contributed by atoms with Crippen LogP contribution >= 0.6 is 34.8 Å². The number of carbonyl (C=O) groups is 2. The van der Waals surface area contributed by atoms with Crippen molar-refractivity contribution in [3.05, 3.63) is 92.4 Å². The summed E-state index contributed by atoms with van der Waals surface area (Å²) in [6.45, 7) is 6.56. The van der Waals surface area contributed by atoms with Gasteiger partial charge in [-0.25, -0.2) is 8.42 Å². The summed E-state index contributed by atoms with van der Waals surface area (Å²) in [6.07, 6.45) is 0. The van der Waals surface area contributed by atoms with Crippen molar-refractivity contribution in [3.63, 3.8) is 0 Å². The first kappa shape index (κ1) is 30.8. The van der Waals surface area contributed by atoms with Crippen LogP contribution in [-0.2, 0) is 26.2 Å². The number of carbonyl (C=O) groups excluding carboxylic acids is 2. The van der Waals surface area contributed by atoms with Gasteiger partial charge in [0.15, 0.2) is 0 Å². The number of halogens is 3. The molecule has 39 heavy (non-hydrogen) atoms. The lowest BCUT2D eigenvalue weighted by molar-refractivity contribution is -0.139. The van der Waals surface area contributed by atoms with E-state index in [1.54, 1.807) is 63.2 Å². The predicted molar refractivity (Wildman–Crippen MR) is 157 cm³/mol. The Morgan fingerprint density at radius 2 is 1.56 bits per heavy atom. The molecule has 1 N–H and O–H groups in total. The van der Waals surface area contributed by atoms with Crippen LogP contribution in [0.2, 0.25) is 15.1 Å². The molecule has 0 aromatic heterocycles. The largest absolute Gasteiger partial charge is 0.355 e. The summed E-state index contributed by atoms with van der Waals surface area (Å²) in [5.41, 5.74) is 2.17. The molecule has 0 fully saturated rings. The molecule has 1 unspecified atom stereocenters. The molecule has 3 aromatic rings. The molecule has 0 bridgehead atoms. The van der Waals surface area contributed by atoms with Gasteiger partial charge in [0.05, 0.1) is 10.6 Å². The molecule has 0 saturated carbocycles. The van der Waals surface area contributed by atoms with Crippen molar-refractivity contribution >= 4 is 62.3 Å². The molecule has 7 nitrogen and oxygen atoms in total. The SMILES string of the molecule is CCNC(=O)C(C)N(Cc1c(Cl)cccc1Cl)C(=O)CN(c1cc(Cl)ccc1C)S(=O)(=O)c1ccc(C)cc1. The molecule has 0 heterocycles. The Morgan fingerprint density at radius 1 is 0.949 bits per heavy atom. The Bertz CT molecular complexity index is 1440. The van der Waals surface area contributed by atoms with Gasteiger partial charge in [0, 0.05) is 33.7 Å². The zero-order valence-corrected chi connectivity index (χ0v) is 25.1. The fraction of sp³-hybridized carbons (Fsp3) is 0.286. The van der Waals surface area contributed by atoms with Crippen molar-refractivity contribution in [2.24, 2.45) is 0 Å². The van der Waals surface area contributed by atoms with E-state index in [0.717, 1.165) is 9.87 Å². The van der Waals surface area contributed by atoms with E-state index in [1.807, 2.05) is 6.92 Å². The first-order chi connectivity index (χ1) is 18.4. The minimum atomic E-state index is -4.21. The Labute approximate surface area is 244 Å². The third kappa shape index (κ3) is 7.25. The number of nitrogens with zero attached hydrogens (tertiary/aromatic N) is 2. The lowest BCUT2D eigenvalue weighted by atomic mass is 10.1. The third-order valence-electron chi connectivity index (χ3n) is 6.24. The zero-order chi connectivity index (χ0) is 28.9. The number of sulfonamides is 1. The number of nitrogens with one attached hydrogen (secondary N) is 1. The number of rotatable bonds is 10. The van der Waals surface area contributed by atoms with Crippen LogP contribution in [0, 0.1) is 13.8 Å². The zero-order valence-electron chi connectivity index (χ0n) is 22.0. The third-order valence-corrected chi connectivity index (χ3v) is 8.95. The maximum absolute atomic E-state index is 14.0. The average molecular weight is 611 g/mol. The van der Waals surface area contributed by atoms with Gasteiger partial charge in [0.1, 0.15) is 12.6 Å². The molecule has 0 aliphatic heterocycles. The molecule has 0 aliphatic carbocycles. The number of benzene rings is 3. The molecular formula is C28H30Cl3N3O4S. The summed E-state index contributed by atoms with van der Waals surface area (Å²) in [5.74, 6) is -1.03. The number of amides is 2. The molecule has 208 valence electrons. The summed E-state index contributed by atoms with van der Waals surface area (Å²) < 4.78 is 28.9. The second-order valence-corrected chi connectivity index (χ2v) is 12.2. The van der Waals surface area contributed by atoms with Crippen molar-refractivity contribution < 1.29 is 18.0 Å². The number of hydrogen-bond acceptors (Lipinski definition) is 4. The Balaban J connectivity index is 2.11. The fourth-order valence-electron chi connectivity index (χ4n) is 3.96. The fourth-order valence-corrected chi connectivity index (χ4v) is 6.11. The van der Waals surface area contributed by atoms with Gasteiger partial charge in [0.25, 0.3) is 10.0 Å². The highest BCUT2D eigenvalue weighted by molar-refractivity contribution is 7.92. The number of anilines is 1. The second-order valence-electron chi connectivity index (χ2n) is 9.05. The van der Waals surface area contributed by atoms with Crippen molar-refractivity contribution in [2.75, 3.05) is 17.4 Å². The highest BCUT2D eigenvalue weighted by atomic mass is 35.5. The van der Waals surface area contributed by atoms with Gasteiger partial charge >= 0.3 is 0 Å². The van der Waals surface area contributed by atoms with E-state index in [-0.39, 0.29) is 17.1 Å². The second kappa shape index (κ2) is 13.0. The van der Waals surface area contributed by atoms with Crippen molar-refractivity contribution in [3.8, 4) is 0 Å². The molecule has 0 radical (unpaired) electrons. The maximum atomic E-state index is 14.0. The maximum Gasteiger partial charge on any atom is 0.264 e. The Hall–Kier alpha value is -2.78. The van der Waals surface area contributed by atoms with Crippen LogP contribution in [0.3, 0.4) is 0 Å². The molecular weight excluding hydrogens is 581 g/mol. The summed E-state index contributed by atoms with van der Waals surface area (Å²) >= 11 is 19.0. The van der Waals surface area contributed by atoms with Gasteiger partial charge in [-0.3, -0.25) is 13.9 Å². The minimum absolute atomic E-state index is 0.0118. The number of aryl methyl sites for hydroxylation is 2. The van der Waals surface area contributed by atoms with Crippen molar-refractivity contribution in [2.45, 2.75) is 45.2 Å². The highest BCUT2D eigenvalue weighted by Crippen LogP contribution is 2.31. The van der Waals surface area contributed by atoms with Crippen LogP contribution in [0.5, 0.6) is 0 Å². The normalized spacial score (nSPS) is 12.1. The lowest BCUT2D eigenvalue weighted by Gasteiger charge is -2.32. The van der Waals surface area contributed by atoms with Gasteiger partial charge in [-0.05, 0) is 69.7 Å². The van der Waals surface area contributed by atoms with E-state index in [9.17, 15) is 18.0 Å². The van der Waals surface area contributed by atoms with Gasteiger partial charge in [-0.15, -0.1) is 0 Å². The van der Waals surface area contributed by atoms with Crippen molar-refractivity contribution in [1.82, 2.24) is 10.2 Å². The van der Waals surface area contributed by atoms with Crippen LogP contribution in [-0.4, -0.2) is 44.3 Å². The predicted octanol–water partition coefficient (Wildman–Crippen LogP) is 6.01. The van der Waals surface area contributed by atoms with E-state index in [2.05, 4.69) is 5.32 Å². The van der Waals surface area contributed by atoms with Crippen LogP contribution < -0.4 is 9.62 Å². The molecule has 3 aromatic carbocycles. The molecule has 0 saturated heterocycles. The monoisotopic (exact) mass is 609 g/mol. The molecule has 2 amide bonds. The molecule has 0 spiro atoms. The quantitative estimate of drug-likeness (QED) is 0.305. The van der Waals surface area contributed by atoms with Gasteiger partial charge < -0.3 is 10.2 Å². The summed E-state index contributed by atoms with van der Waals surface area (Å²) in [6, 6.07) is 15.1. The number of likely N-dealkylation sites (N-methyl/N-ethyl adjacent to an activating group) is 1. The first-order valence-corrected chi connectivity index (χ1v) is 14.8. The van der Waals surface area contributed by atoms with E-state index in [4.69, 9.17) is 34.8 Å². The van der Waals surface area contributed by atoms with E-state index in [0.29, 0.717) is 32.7 Å². The summed E-state index contributed by atoms with van der Waals surface area (Å²) in [4.78, 5) is 28.1. The average Bonchev–Trinajstić information content (AvgIpc) is 2.88. The Morgan fingerprint density at radius 3 is 2.15 bits per heavy atom. The lowest BCUT2D eigenvalue weighted by Crippen LogP contribution is -2.51. The van der Waals surface area contributed by atoms with Crippen LogP contribution in [0.4, 0.5) is 5.69 Å². The van der Waals surface area contributed by atoms with Crippen LogP contribution in [0.1, 0.15) is 30.5 Å². The van der Waals surface area contributed by atoms with Gasteiger partial charge in [-0.1, -0.05) is 64.6 Å². The Kier molecular flexibility index (Phi) is 10.3. The standard InChI is InChI=1S/C28H30Cl3N3O4S/c1-5-32-28(36)20(4)33(16-23-24(30)7-6-8-25(23)31)27(35)17-34(26-15-21(29)12-11-19(26)3)39(37,38)22-13-9-18(2)10-14-22/h6-15,20H,5,16-17H2,1-4H3,(H,32,36). The first-order valence-electron chi connectivity index (χ1n) is 12.2. The topological polar surface area (TPSA) is 86.8 Å². The van der Waals surface area contributed by atoms with Crippen LogP contribution in [0.25, 0.3) is 0 Å².